The highest BCUT2D eigenvalue weighted by Gasteiger charge is 2.35. The maximum absolute atomic E-state index is 14.0. The third-order valence-corrected chi connectivity index (χ3v) is 7.50. The van der Waals surface area contributed by atoms with Crippen molar-refractivity contribution in [2.75, 3.05) is 20.8 Å². The molecule has 0 amide bonds. The average Bonchev–Trinajstić information content (AvgIpc) is 3.31. The van der Waals surface area contributed by atoms with E-state index in [1.54, 1.807) is 43.3 Å². The van der Waals surface area contributed by atoms with Crippen LogP contribution >= 0.6 is 11.3 Å². The molecule has 1 aliphatic heterocycles. The van der Waals surface area contributed by atoms with Crippen LogP contribution in [0.2, 0.25) is 0 Å². The standard InChI is InChI=1S/C31H26F2N2O6S/c1-4-40-29(37)25-26(18-10-6-5-7-11-18)34-31-35(27(25)20-14-15-22(38-2)23(16-20)39-3)28(36)24(42-31)17-19-12-8-9-13-21(19)41-30(32)33/h5-17,27,30H,4H2,1-3H3/b24-17+/t27-/m1/s1. The first-order valence-electron chi connectivity index (χ1n) is 12.9. The van der Waals surface area contributed by atoms with Gasteiger partial charge in [-0.3, -0.25) is 9.36 Å². The highest BCUT2D eigenvalue weighted by Crippen LogP contribution is 2.38. The van der Waals surface area contributed by atoms with Gasteiger partial charge in [0.05, 0.1) is 42.7 Å². The molecule has 4 aromatic rings. The van der Waals surface area contributed by atoms with E-state index in [1.165, 1.54) is 30.9 Å². The van der Waals surface area contributed by atoms with Crippen molar-refractivity contribution < 1.29 is 32.5 Å². The maximum atomic E-state index is 14.0. The molecule has 216 valence electrons. The van der Waals surface area contributed by atoms with Crippen LogP contribution in [0.1, 0.15) is 29.7 Å². The fraction of sp³-hybridized carbons (Fsp3) is 0.194. The Balaban J connectivity index is 1.83. The molecule has 5 rings (SSSR count). The van der Waals surface area contributed by atoms with Crippen LogP contribution in [-0.2, 0) is 9.53 Å². The molecule has 0 N–H and O–H groups in total. The van der Waals surface area contributed by atoms with Crippen LogP contribution in [0.4, 0.5) is 8.78 Å². The Bertz CT molecular complexity index is 1830. The zero-order valence-corrected chi connectivity index (χ0v) is 23.7. The van der Waals surface area contributed by atoms with Gasteiger partial charge in [0.1, 0.15) is 5.75 Å². The molecule has 1 aromatic heterocycles. The third-order valence-electron chi connectivity index (χ3n) is 6.52. The van der Waals surface area contributed by atoms with Gasteiger partial charge in [-0.2, -0.15) is 8.78 Å². The lowest BCUT2D eigenvalue weighted by atomic mass is 9.93. The molecular weight excluding hydrogens is 566 g/mol. The largest absolute Gasteiger partial charge is 0.493 e. The topological polar surface area (TPSA) is 88.4 Å². The van der Waals surface area contributed by atoms with Gasteiger partial charge in [0.2, 0.25) is 0 Å². The number of para-hydroxylation sites is 1. The number of methoxy groups -OCH3 is 2. The first kappa shape index (κ1) is 28.7. The van der Waals surface area contributed by atoms with E-state index in [9.17, 15) is 18.4 Å². The second-order valence-corrected chi connectivity index (χ2v) is 9.97. The molecule has 0 fully saturated rings. The Labute approximate surface area is 243 Å². The van der Waals surface area contributed by atoms with E-state index < -0.39 is 24.2 Å². The summed E-state index contributed by atoms with van der Waals surface area (Å²) in [5, 5.41) is 0. The molecule has 1 atom stereocenters. The lowest BCUT2D eigenvalue weighted by molar-refractivity contribution is -0.138. The predicted octanol–water partition coefficient (Wildman–Crippen LogP) is 4.55. The number of carbonyl (C=O) groups excluding carboxylic acids is 1. The number of esters is 1. The monoisotopic (exact) mass is 592 g/mol. The van der Waals surface area contributed by atoms with E-state index in [2.05, 4.69) is 4.74 Å². The van der Waals surface area contributed by atoms with E-state index in [0.29, 0.717) is 38.7 Å². The minimum atomic E-state index is -3.04. The number of ether oxygens (including phenoxy) is 4. The van der Waals surface area contributed by atoms with Gasteiger partial charge in [-0.25, -0.2) is 9.79 Å². The number of nitrogens with zero attached hydrogens (tertiary/aromatic N) is 2. The van der Waals surface area contributed by atoms with Gasteiger partial charge in [-0.1, -0.05) is 65.9 Å². The average molecular weight is 593 g/mol. The highest BCUT2D eigenvalue weighted by molar-refractivity contribution is 7.07. The van der Waals surface area contributed by atoms with Crippen LogP contribution in [0.3, 0.4) is 0 Å². The van der Waals surface area contributed by atoms with Crippen molar-refractivity contribution in [3.05, 3.63) is 115 Å². The Kier molecular flexibility index (Phi) is 8.48. The Morgan fingerprint density at radius 2 is 1.71 bits per heavy atom. The zero-order chi connectivity index (χ0) is 29.8. The Morgan fingerprint density at radius 3 is 2.40 bits per heavy atom. The number of alkyl halides is 2. The molecule has 3 aromatic carbocycles. The summed E-state index contributed by atoms with van der Waals surface area (Å²) >= 11 is 1.07. The minimum absolute atomic E-state index is 0.0769. The van der Waals surface area contributed by atoms with Gasteiger partial charge in [0.15, 0.2) is 16.3 Å². The van der Waals surface area contributed by atoms with Crippen molar-refractivity contribution in [2.24, 2.45) is 4.99 Å². The Hall–Kier alpha value is -4.77. The summed E-state index contributed by atoms with van der Waals surface area (Å²) in [6.07, 6.45) is 1.48. The molecule has 8 nitrogen and oxygen atoms in total. The van der Waals surface area contributed by atoms with Gasteiger partial charge in [-0.15, -0.1) is 0 Å². The fourth-order valence-corrected chi connectivity index (χ4v) is 5.71. The third kappa shape index (κ3) is 5.55. The van der Waals surface area contributed by atoms with Crippen molar-refractivity contribution in [3.8, 4) is 17.2 Å². The number of fused-ring (bicyclic) bond motifs is 1. The van der Waals surface area contributed by atoms with Crippen LogP contribution in [-0.4, -0.2) is 38.0 Å². The first-order valence-corrected chi connectivity index (χ1v) is 13.7. The number of benzene rings is 3. The molecule has 0 aliphatic carbocycles. The molecular formula is C31H26F2N2O6S. The predicted molar refractivity (Wildman–Crippen MR) is 154 cm³/mol. The van der Waals surface area contributed by atoms with Gasteiger partial charge < -0.3 is 18.9 Å². The lowest BCUT2D eigenvalue weighted by Crippen LogP contribution is -2.40. The molecule has 0 radical (unpaired) electrons. The molecule has 0 unspecified atom stereocenters. The number of aromatic nitrogens is 1. The number of thiazole rings is 1. The van der Waals surface area contributed by atoms with Gasteiger partial charge in [0, 0.05) is 11.1 Å². The maximum Gasteiger partial charge on any atom is 0.387 e. The second-order valence-electron chi connectivity index (χ2n) is 8.96. The van der Waals surface area contributed by atoms with E-state index in [4.69, 9.17) is 19.2 Å². The van der Waals surface area contributed by atoms with Crippen LogP contribution in [0.5, 0.6) is 17.2 Å². The summed E-state index contributed by atoms with van der Waals surface area (Å²) in [7, 11) is 3.00. The van der Waals surface area contributed by atoms with E-state index >= 15 is 0 Å². The lowest BCUT2D eigenvalue weighted by Gasteiger charge is -2.26. The summed E-state index contributed by atoms with van der Waals surface area (Å²) in [6.45, 7) is -1.24. The van der Waals surface area contributed by atoms with Crippen molar-refractivity contribution in [3.63, 3.8) is 0 Å². The van der Waals surface area contributed by atoms with Crippen LogP contribution in [0, 0.1) is 0 Å². The number of halogens is 2. The Morgan fingerprint density at radius 1 is 1.00 bits per heavy atom. The normalized spacial score (nSPS) is 14.8. The molecule has 11 heteroatoms. The second kappa shape index (κ2) is 12.4. The molecule has 0 spiro atoms. The summed E-state index contributed by atoms with van der Waals surface area (Å²) in [4.78, 5) is 32.7. The van der Waals surface area contributed by atoms with Gasteiger partial charge >= 0.3 is 12.6 Å². The molecule has 1 aliphatic rings. The summed E-state index contributed by atoms with van der Waals surface area (Å²) in [6, 6.07) is 19.5. The number of hydrogen-bond donors (Lipinski definition) is 0. The number of carbonyl (C=O) groups is 1. The van der Waals surface area contributed by atoms with Crippen LogP contribution in [0.25, 0.3) is 11.8 Å². The van der Waals surface area contributed by atoms with E-state index in [-0.39, 0.29) is 22.5 Å². The number of rotatable bonds is 9. The van der Waals surface area contributed by atoms with Crippen molar-refractivity contribution in [1.82, 2.24) is 4.57 Å². The number of hydrogen-bond acceptors (Lipinski definition) is 8. The molecule has 0 saturated heterocycles. The van der Waals surface area contributed by atoms with E-state index in [0.717, 1.165) is 11.3 Å². The van der Waals surface area contributed by atoms with Crippen molar-refractivity contribution in [2.45, 2.75) is 19.6 Å². The fourth-order valence-electron chi connectivity index (χ4n) is 4.72. The highest BCUT2D eigenvalue weighted by atomic mass is 32.1. The SMILES string of the molecule is CCOC(=O)C1=C(c2ccccc2)N=c2s/c(=C/c3ccccc3OC(F)F)c(=O)n2[C@@H]1c1ccc(OC)c(OC)c1. The van der Waals surface area contributed by atoms with Crippen LogP contribution < -0.4 is 29.1 Å². The molecule has 42 heavy (non-hydrogen) atoms. The van der Waals surface area contributed by atoms with Crippen molar-refractivity contribution >= 4 is 29.1 Å². The first-order chi connectivity index (χ1) is 20.4. The molecule has 0 saturated carbocycles. The molecule has 0 bridgehead atoms. The smallest absolute Gasteiger partial charge is 0.387 e. The zero-order valence-electron chi connectivity index (χ0n) is 22.9. The van der Waals surface area contributed by atoms with Gasteiger partial charge in [-0.05, 0) is 36.8 Å². The summed E-state index contributed by atoms with van der Waals surface area (Å²) in [5.74, 6) is 0.155. The summed E-state index contributed by atoms with van der Waals surface area (Å²) in [5.41, 5.74) is 1.53. The van der Waals surface area contributed by atoms with Gasteiger partial charge in [0.25, 0.3) is 5.56 Å². The summed E-state index contributed by atoms with van der Waals surface area (Å²) < 4.78 is 48.8. The van der Waals surface area contributed by atoms with Crippen molar-refractivity contribution in [1.29, 1.82) is 0 Å². The quantitative estimate of drug-likeness (QED) is 0.265. The van der Waals surface area contributed by atoms with E-state index in [1.807, 2.05) is 30.3 Å². The van der Waals surface area contributed by atoms with Crippen LogP contribution in [0.15, 0.2) is 88.2 Å². The minimum Gasteiger partial charge on any atom is -0.493 e. The molecule has 2 heterocycles.